The first kappa shape index (κ1) is 13.5. The van der Waals surface area contributed by atoms with Gasteiger partial charge in [-0.05, 0) is 56.5 Å². The van der Waals surface area contributed by atoms with Crippen LogP contribution in [0.4, 0.5) is 5.69 Å². The van der Waals surface area contributed by atoms with Crippen molar-refractivity contribution in [2.75, 3.05) is 32.1 Å². The molecular weight excluding hydrogens is 248 g/mol. The number of piperidine rings is 1. The fourth-order valence-corrected chi connectivity index (χ4v) is 2.48. The Morgan fingerprint density at radius 2 is 2.33 bits per heavy atom. The van der Waals surface area contributed by atoms with Gasteiger partial charge in [-0.3, -0.25) is 0 Å². The molecule has 1 aliphatic rings. The summed E-state index contributed by atoms with van der Waals surface area (Å²) in [6.07, 6.45) is 2.54. The van der Waals surface area contributed by atoms with Crippen LogP contribution in [0.3, 0.4) is 0 Å². The Morgan fingerprint density at radius 3 is 3.00 bits per heavy atom. The van der Waals surface area contributed by atoms with Gasteiger partial charge < -0.3 is 15.4 Å². The largest absolute Gasteiger partial charge is 0.495 e. The van der Waals surface area contributed by atoms with Gasteiger partial charge in [-0.1, -0.05) is 11.6 Å². The molecule has 1 aliphatic heterocycles. The number of methoxy groups -OCH3 is 1. The zero-order valence-corrected chi connectivity index (χ0v) is 11.8. The van der Waals surface area contributed by atoms with E-state index in [-0.39, 0.29) is 0 Å². The molecule has 1 aromatic carbocycles. The number of hydrogen-bond acceptors (Lipinski definition) is 3. The van der Waals surface area contributed by atoms with Gasteiger partial charge in [0.15, 0.2) is 0 Å². The molecule has 3 nitrogen and oxygen atoms in total. The second-order valence-electron chi connectivity index (χ2n) is 4.89. The van der Waals surface area contributed by atoms with E-state index in [9.17, 15) is 0 Å². The molecule has 0 saturated carbocycles. The van der Waals surface area contributed by atoms with Crippen molar-refractivity contribution in [2.45, 2.75) is 19.8 Å². The minimum atomic E-state index is 0.684. The van der Waals surface area contributed by atoms with Crippen LogP contribution in [0.25, 0.3) is 0 Å². The van der Waals surface area contributed by atoms with Crippen molar-refractivity contribution in [3.8, 4) is 5.75 Å². The lowest BCUT2D eigenvalue weighted by atomic mass is 9.99. The molecule has 18 heavy (non-hydrogen) atoms. The number of hydrogen-bond donors (Lipinski definition) is 2. The lowest BCUT2D eigenvalue weighted by Gasteiger charge is -2.24. The Hall–Kier alpha value is -0.930. The van der Waals surface area contributed by atoms with Gasteiger partial charge in [-0.15, -0.1) is 0 Å². The minimum absolute atomic E-state index is 0.684. The lowest BCUT2D eigenvalue weighted by Crippen LogP contribution is -2.33. The molecule has 1 unspecified atom stereocenters. The summed E-state index contributed by atoms with van der Waals surface area (Å²) in [5, 5.41) is 7.65. The summed E-state index contributed by atoms with van der Waals surface area (Å²) in [4.78, 5) is 0. The molecule has 1 atom stereocenters. The highest BCUT2D eigenvalue weighted by molar-refractivity contribution is 6.31. The third kappa shape index (κ3) is 3.30. The van der Waals surface area contributed by atoms with Gasteiger partial charge in [0.2, 0.25) is 0 Å². The Morgan fingerprint density at radius 1 is 1.50 bits per heavy atom. The summed E-state index contributed by atoms with van der Waals surface area (Å²) in [7, 11) is 1.69. The first-order valence-corrected chi connectivity index (χ1v) is 6.87. The SMILES string of the molecule is COc1cc(C)c(Cl)cc1NCC1CCCNC1. The smallest absolute Gasteiger partial charge is 0.142 e. The van der Waals surface area contributed by atoms with Crippen LogP contribution in [0.15, 0.2) is 12.1 Å². The van der Waals surface area contributed by atoms with E-state index in [4.69, 9.17) is 16.3 Å². The van der Waals surface area contributed by atoms with E-state index in [0.717, 1.165) is 41.7 Å². The van der Waals surface area contributed by atoms with E-state index in [0.29, 0.717) is 5.92 Å². The van der Waals surface area contributed by atoms with Crippen LogP contribution in [0.1, 0.15) is 18.4 Å². The maximum Gasteiger partial charge on any atom is 0.142 e. The van der Waals surface area contributed by atoms with Crippen molar-refractivity contribution >= 4 is 17.3 Å². The van der Waals surface area contributed by atoms with Gasteiger partial charge in [-0.2, -0.15) is 0 Å². The highest BCUT2D eigenvalue weighted by Crippen LogP contribution is 2.31. The van der Waals surface area contributed by atoms with Crippen molar-refractivity contribution in [1.29, 1.82) is 0 Å². The average Bonchev–Trinajstić information content (AvgIpc) is 2.41. The van der Waals surface area contributed by atoms with E-state index in [1.807, 2.05) is 19.1 Å². The number of halogens is 1. The minimum Gasteiger partial charge on any atom is -0.495 e. The Balaban J connectivity index is 2.01. The molecule has 0 radical (unpaired) electrons. The van der Waals surface area contributed by atoms with Crippen LogP contribution < -0.4 is 15.4 Å². The summed E-state index contributed by atoms with van der Waals surface area (Å²) in [6, 6.07) is 3.93. The molecular formula is C14H21ClN2O. The fraction of sp³-hybridized carbons (Fsp3) is 0.571. The highest BCUT2D eigenvalue weighted by atomic mass is 35.5. The van der Waals surface area contributed by atoms with Crippen molar-refractivity contribution in [3.05, 3.63) is 22.7 Å². The second kappa shape index (κ2) is 6.30. The second-order valence-corrected chi connectivity index (χ2v) is 5.30. The average molecular weight is 269 g/mol. The third-order valence-corrected chi connectivity index (χ3v) is 3.87. The number of ether oxygens (including phenoxy) is 1. The zero-order valence-electron chi connectivity index (χ0n) is 11.1. The maximum absolute atomic E-state index is 6.16. The van der Waals surface area contributed by atoms with Crippen LogP contribution in [0, 0.1) is 12.8 Å². The highest BCUT2D eigenvalue weighted by Gasteiger charge is 2.14. The van der Waals surface area contributed by atoms with Crippen LogP contribution >= 0.6 is 11.6 Å². The Labute approximate surface area is 114 Å². The van der Waals surface area contributed by atoms with E-state index in [1.165, 1.54) is 12.8 Å². The molecule has 0 spiro atoms. The summed E-state index contributed by atoms with van der Waals surface area (Å²) >= 11 is 6.16. The Bertz CT molecular complexity index is 403. The van der Waals surface area contributed by atoms with Crippen LogP contribution in [-0.2, 0) is 0 Å². The molecule has 1 aromatic rings. The lowest BCUT2D eigenvalue weighted by molar-refractivity contribution is 0.390. The zero-order chi connectivity index (χ0) is 13.0. The van der Waals surface area contributed by atoms with Gasteiger partial charge in [0.1, 0.15) is 5.75 Å². The van der Waals surface area contributed by atoms with E-state index in [2.05, 4.69) is 10.6 Å². The van der Waals surface area contributed by atoms with Crippen LogP contribution in [-0.4, -0.2) is 26.7 Å². The van der Waals surface area contributed by atoms with Crippen molar-refractivity contribution in [2.24, 2.45) is 5.92 Å². The monoisotopic (exact) mass is 268 g/mol. The molecule has 0 amide bonds. The first-order valence-electron chi connectivity index (χ1n) is 6.49. The predicted molar refractivity (Wildman–Crippen MR) is 76.8 cm³/mol. The quantitative estimate of drug-likeness (QED) is 0.881. The number of nitrogens with one attached hydrogen (secondary N) is 2. The van der Waals surface area contributed by atoms with E-state index in [1.54, 1.807) is 7.11 Å². The van der Waals surface area contributed by atoms with Gasteiger partial charge in [0.05, 0.1) is 12.8 Å². The molecule has 0 aromatic heterocycles. The first-order chi connectivity index (χ1) is 8.70. The van der Waals surface area contributed by atoms with Crippen molar-refractivity contribution < 1.29 is 4.74 Å². The summed E-state index contributed by atoms with van der Waals surface area (Å²) in [6.45, 7) is 5.19. The van der Waals surface area contributed by atoms with E-state index >= 15 is 0 Å². The molecule has 0 bridgehead atoms. The summed E-state index contributed by atoms with van der Waals surface area (Å²) in [5.41, 5.74) is 2.03. The number of rotatable bonds is 4. The molecule has 0 aliphatic carbocycles. The van der Waals surface area contributed by atoms with Crippen molar-refractivity contribution in [1.82, 2.24) is 5.32 Å². The molecule has 1 heterocycles. The van der Waals surface area contributed by atoms with Gasteiger partial charge >= 0.3 is 0 Å². The molecule has 4 heteroatoms. The normalized spacial score (nSPS) is 19.6. The van der Waals surface area contributed by atoms with Gasteiger partial charge in [0, 0.05) is 11.6 Å². The maximum atomic E-state index is 6.16. The van der Waals surface area contributed by atoms with Gasteiger partial charge in [-0.25, -0.2) is 0 Å². The number of anilines is 1. The predicted octanol–water partition coefficient (Wildman–Crippen LogP) is 3.07. The number of aryl methyl sites for hydroxylation is 1. The molecule has 1 saturated heterocycles. The third-order valence-electron chi connectivity index (χ3n) is 3.46. The molecule has 1 fully saturated rings. The summed E-state index contributed by atoms with van der Waals surface area (Å²) in [5.74, 6) is 1.55. The standard InChI is InChI=1S/C14H21ClN2O/c1-10-6-14(18-2)13(7-12(10)15)17-9-11-4-3-5-16-8-11/h6-7,11,16-17H,3-5,8-9H2,1-2H3. The molecule has 2 rings (SSSR count). The summed E-state index contributed by atoms with van der Waals surface area (Å²) < 4.78 is 5.38. The topological polar surface area (TPSA) is 33.3 Å². The molecule has 100 valence electrons. The molecule has 2 N–H and O–H groups in total. The van der Waals surface area contributed by atoms with Crippen LogP contribution in [0.2, 0.25) is 5.02 Å². The fourth-order valence-electron chi connectivity index (χ4n) is 2.31. The van der Waals surface area contributed by atoms with E-state index < -0.39 is 0 Å². The van der Waals surface area contributed by atoms with Crippen molar-refractivity contribution in [3.63, 3.8) is 0 Å². The van der Waals surface area contributed by atoms with Crippen LogP contribution in [0.5, 0.6) is 5.75 Å². The Kier molecular flexibility index (Phi) is 4.72. The number of benzene rings is 1. The van der Waals surface area contributed by atoms with Gasteiger partial charge in [0.25, 0.3) is 0 Å².